The van der Waals surface area contributed by atoms with Crippen LogP contribution in [0.4, 0.5) is 0 Å². The van der Waals surface area contributed by atoms with Crippen LogP contribution in [0.2, 0.25) is 10.0 Å². The monoisotopic (exact) mass is 298 g/mol. The Kier molecular flexibility index (Phi) is 4.89. The van der Waals surface area contributed by atoms with Crippen molar-refractivity contribution >= 4 is 34.7 Å². The first-order chi connectivity index (χ1) is 9.11. The summed E-state index contributed by atoms with van der Waals surface area (Å²) >= 11 is 11.8. The molecule has 0 saturated carbocycles. The van der Waals surface area contributed by atoms with Gasteiger partial charge in [0, 0.05) is 0 Å². The molecule has 1 heterocycles. The number of hydrogen-bond donors (Lipinski definition) is 0. The van der Waals surface area contributed by atoms with Crippen LogP contribution < -0.4 is 0 Å². The predicted molar refractivity (Wildman–Crippen MR) is 78.5 cm³/mol. The van der Waals surface area contributed by atoms with Crippen LogP contribution in [0.15, 0.2) is 24.3 Å². The molecule has 0 aliphatic carbocycles. The Morgan fingerprint density at radius 1 is 1.21 bits per heavy atom. The van der Waals surface area contributed by atoms with Crippen molar-refractivity contribution in [1.82, 2.24) is 0 Å². The maximum absolute atomic E-state index is 11.8. The van der Waals surface area contributed by atoms with Crippen LogP contribution >= 0.6 is 23.2 Å². The molecular weight excluding hydrogens is 283 g/mol. The molecule has 1 atom stereocenters. The molecule has 0 fully saturated rings. The third kappa shape index (κ3) is 3.52. The zero-order valence-corrected chi connectivity index (χ0v) is 12.3. The summed E-state index contributed by atoms with van der Waals surface area (Å²) in [5.74, 6) is -0.278. The molecule has 4 heteroatoms. The molecule has 1 aliphatic heterocycles. The van der Waals surface area contributed by atoms with Crippen molar-refractivity contribution in [2.75, 3.05) is 0 Å². The summed E-state index contributed by atoms with van der Waals surface area (Å²) in [7, 11) is 0. The van der Waals surface area contributed by atoms with Crippen molar-refractivity contribution in [3.63, 3.8) is 0 Å². The van der Waals surface area contributed by atoms with E-state index in [0.29, 0.717) is 15.6 Å². The first-order valence-electron chi connectivity index (χ1n) is 6.50. The Balaban J connectivity index is 2.12. The van der Waals surface area contributed by atoms with Crippen molar-refractivity contribution in [2.45, 2.75) is 38.7 Å². The van der Waals surface area contributed by atoms with Crippen LogP contribution in [0.1, 0.15) is 38.2 Å². The summed E-state index contributed by atoms with van der Waals surface area (Å²) < 4.78 is 5.34. The van der Waals surface area contributed by atoms with E-state index in [0.717, 1.165) is 31.2 Å². The van der Waals surface area contributed by atoms with Gasteiger partial charge in [-0.25, -0.2) is 4.79 Å². The van der Waals surface area contributed by atoms with Gasteiger partial charge in [-0.05, 0) is 36.6 Å². The fourth-order valence-corrected chi connectivity index (χ4v) is 2.40. The topological polar surface area (TPSA) is 26.3 Å². The van der Waals surface area contributed by atoms with Gasteiger partial charge in [0.1, 0.15) is 6.10 Å². The standard InChI is InChI=1S/C15H16Cl2O2/c1-2-3-4-5-11-9-12(15(18)19-11)10-6-7-13(16)14(17)8-10/h6-9,11H,2-5H2,1H3. The Hall–Kier alpha value is -0.990. The van der Waals surface area contributed by atoms with Gasteiger partial charge in [0.05, 0.1) is 15.6 Å². The maximum Gasteiger partial charge on any atom is 0.339 e. The molecule has 1 aromatic rings. The van der Waals surface area contributed by atoms with Gasteiger partial charge in [-0.1, -0.05) is 49.0 Å². The van der Waals surface area contributed by atoms with E-state index in [-0.39, 0.29) is 12.1 Å². The lowest BCUT2D eigenvalue weighted by Gasteiger charge is -2.06. The van der Waals surface area contributed by atoms with Gasteiger partial charge in [-0.2, -0.15) is 0 Å². The van der Waals surface area contributed by atoms with Crippen LogP contribution in [0, 0.1) is 0 Å². The number of halogens is 2. The van der Waals surface area contributed by atoms with E-state index in [1.54, 1.807) is 18.2 Å². The van der Waals surface area contributed by atoms with Gasteiger partial charge in [0.25, 0.3) is 0 Å². The fraction of sp³-hybridized carbons (Fsp3) is 0.400. The average Bonchev–Trinajstić information content (AvgIpc) is 2.74. The normalized spacial score (nSPS) is 18.4. The molecule has 1 unspecified atom stereocenters. The van der Waals surface area contributed by atoms with Crippen molar-refractivity contribution < 1.29 is 9.53 Å². The highest BCUT2D eigenvalue weighted by Gasteiger charge is 2.26. The highest BCUT2D eigenvalue weighted by atomic mass is 35.5. The second-order valence-electron chi connectivity index (χ2n) is 4.65. The summed E-state index contributed by atoms with van der Waals surface area (Å²) in [6.45, 7) is 2.15. The first-order valence-corrected chi connectivity index (χ1v) is 7.25. The van der Waals surface area contributed by atoms with Gasteiger partial charge in [0.2, 0.25) is 0 Å². The van der Waals surface area contributed by atoms with Gasteiger partial charge in [-0.15, -0.1) is 0 Å². The van der Waals surface area contributed by atoms with Gasteiger partial charge in [-0.3, -0.25) is 0 Å². The molecule has 0 saturated heterocycles. The van der Waals surface area contributed by atoms with E-state index in [9.17, 15) is 4.79 Å². The third-order valence-electron chi connectivity index (χ3n) is 3.15. The zero-order valence-electron chi connectivity index (χ0n) is 10.8. The molecule has 19 heavy (non-hydrogen) atoms. The third-order valence-corrected chi connectivity index (χ3v) is 3.89. The molecule has 0 amide bonds. The van der Waals surface area contributed by atoms with E-state index in [4.69, 9.17) is 27.9 Å². The maximum atomic E-state index is 11.8. The summed E-state index contributed by atoms with van der Waals surface area (Å²) in [6, 6.07) is 5.18. The molecule has 102 valence electrons. The van der Waals surface area contributed by atoms with Crippen LogP contribution in [-0.4, -0.2) is 12.1 Å². The van der Waals surface area contributed by atoms with Crippen LogP contribution in [0.25, 0.3) is 5.57 Å². The molecule has 0 bridgehead atoms. The number of carbonyl (C=O) groups excluding carboxylic acids is 1. The number of ether oxygens (including phenoxy) is 1. The summed E-state index contributed by atoms with van der Waals surface area (Å²) in [4.78, 5) is 11.8. The lowest BCUT2D eigenvalue weighted by atomic mass is 10.0. The minimum Gasteiger partial charge on any atom is -0.454 e. The zero-order chi connectivity index (χ0) is 13.8. The van der Waals surface area contributed by atoms with E-state index in [1.807, 2.05) is 6.08 Å². The molecule has 0 spiro atoms. The van der Waals surface area contributed by atoms with Crippen molar-refractivity contribution in [3.05, 3.63) is 39.9 Å². The number of carbonyl (C=O) groups is 1. The van der Waals surface area contributed by atoms with Crippen molar-refractivity contribution in [2.24, 2.45) is 0 Å². The van der Waals surface area contributed by atoms with E-state index in [2.05, 4.69) is 6.92 Å². The number of cyclic esters (lactones) is 1. The number of benzene rings is 1. The van der Waals surface area contributed by atoms with E-state index < -0.39 is 0 Å². The second kappa shape index (κ2) is 6.44. The summed E-state index contributed by atoms with van der Waals surface area (Å²) in [5.41, 5.74) is 1.34. The van der Waals surface area contributed by atoms with Crippen molar-refractivity contribution in [1.29, 1.82) is 0 Å². The van der Waals surface area contributed by atoms with Crippen LogP contribution in [0.3, 0.4) is 0 Å². The summed E-state index contributed by atoms with van der Waals surface area (Å²) in [5, 5.41) is 0.930. The average molecular weight is 299 g/mol. The minimum absolute atomic E-state index is 0.108. The SMILES string of the molecule is CCCCCC1C=C(c2ccc(Cl)c(Cl)c2)C(=O)O1. The fourth-order valence-electron chi connectivity index (χ4n) is 2.10. The molecule has 2 nitrogen and oxygen atoms in total. The highest BCUT2D eigenvalue weighted by Crippen LogP contribution is 2.30. The van der Waals surface area contributed by atoms with Gasteiger partial charge >= 0.3 is 5.97 Å². The second-order valence-corrected chi connectivity index (χ2v) is 5.46. The van der Waals surface area contributed by atoms with Gasteiger partial charge in [0.15, 0.2) is 0 Å². The van der Waals surface area contributed by atoms with E-state index >= 15 is 0 Å². The Morgan fingerprint density at radius 2 is 2.00 bits per heavy atom. The van der Waals surface area contributed by atoms with Crippen LogP contribution in [0.5, 0.6) is 0 Å². The minimum atomic E-state index is -0.278. The van der Waals surface area contributed by atoms with Crippen LogP contribution in [-0.2, 0) is 9.53 Å². The lowest BCUT2D eigenvalue weighted by molar-refractivity contribution is -0.137. The molecular formula is C15H16Cl2O2. The molecule has 0 N–H and O–H groups in total. The van der Waals surface area contributed by atoms with Gasteiger partial charge < -0.3 is 4.74 Å². The first kappa shape index (κ1) is 14.4. The Labute approximate surface area is 123 Å². The van der Waals surface area contributed by atoms with E-state index in [1.165, 1.54) is 0 Å². The number of rotatable bonds is 5. The quantitative estimate of drug-likeness (QED) is 0.572. The highest BCUT2D eigenvalue weighted by molar-refractivity contribution is 6.42. The smallest absolute Gasteiger partial charge is 0.339 e. The predicted octanol–water partition coefficient (Wildman–Crippen LogP) is 4.88. The summed E-state index contributed by atoms with van der Waals surface area (Å²) in [6.07, 6.45) is 6.04. The molecule has 1 aromatic carbocycles. The molecule has 1 aliphatic rings. The number of esters is 1. The number of hydrogen-bond acceptors (Lipinski definition) is 2. The Bertz CT molecular complexity index is 509. The van der Waals surface area contributed by atoms with Crippen molar-refractivity contribution in [3.8, 4) is 0 Å². The molecule has 0 radical (unpaired) electrons. The lowest BCUT2D eigenvalue weighted by Crippen LogP contribution is -2.07. The largest absolute Gasteiger partial charge is 0.454 e. The Morgan fingerprint density at radius 3 is 2.68 bits per heavy atom. The molecule has 0 aromatic heterocycles. The number of unbranched alkanes of at least 4 members (excludes halogenated alkanes) is 2. The molecule has 2 rings (SSSR count).